The molecule has 1 aromatic heterocycles. The van der Waals surface area contributed by atoms with Crippen molar-refractivity contribution < 1.29 is 18.0 Å². The zero-order valence-electron chi connectivity index (χ0n) is 11.1. The van der Waals surface area contributed by atoms with E-state index < -0.39 is 24.0 Å². The third-order valence-corrected chi connectivity index (χ3v) is 3.52. The summed E-state index contributed by atoms with van der Waals surface area (Å²) in [5.74, 6) is -0.918. The molecule has 1 saturated heterocycles. The molecular weight excluding hydrogens is 273 g/mol. The Morgan fingerprint density at radius 1 is 1.55 bits per heavy atom. The molecule has 1 aromatic rings. The molecule has 1 atom stereocenters. The lowest BCUT2D eigenvalue weighted by Crippen LogP contribution is -2.49. The van der Waals surface area contributed by atoms with Crippen LogP contribution in [0.1, 0.15) is 25.5 Å². The number of hydrogen-bond acceptors (Lipinski definition) is 3. The molecule has 2 heterocycles. The number of anilines is 1. The minimum atomic E-state index is -4.58. The number of halogens is 3. The molecule has 0 aromatic carbocycles. The highest BCUT2D eigenvalue weighted by molar-refractivity contribution is 5.95. The van der Waals surface area contributed by atoms with E-state index in [1.165, 1.54) is 0 Å². The molecule has 0 aliphatic carbocycles. The molecule has 3 N–H and O–H groups in total. The van der Waals surface area contributed by atoms with Crippen LogP contribution in [0.2, 0.25) is 0 Å². The average Bonchev–Trinajstić information content (AvgIpc) is 2.98. The fourth-order valence-corrected chi connectivity index (χ4v) is 2.32. The fraction of sp³-hybridized carbons (Fsp3) is 0.667. The van der Waals surface area contributed by atoms with E-state index in [4.69, 9.17) is 0 Å². The molecule has 1 unspecified atom stereocenters. The van der Waals surface area contributed by atoms with Crippen molar-refractivity contribution in [2.75, 3.05) is 18.4 Å². The van der Waals surface area contributed by atoms with Crippen LogP contribution in [0.3, 0.4) is 0 Å². The second-order valence-electron chi connectivity index (χ2n) is 4.99. The molecule has 1 amide bonds. The zero-order valence-corrected chi connectivity index (χ0v) is 11.1. The van der Waals surface area contributed by atoms with Gasteiger partial charge >= 0.3 is 6.18 Å². The van der Waals surface area contributed by atoms with Gasteiger partial charge in [-0.3, -0.25) is 9.89 Å². The SMILES string of the molecule is CCCc1cc(NC(=O)C2(C(F)(F)F)CCNC2)n[nH]1. The van der Waals surface area contributed by atoms with Gasteiger partial charge in [-0.2, -0.15) is 18.3 Å². The van der Waals surface area contributed by atoms with Crippen molar-refractivity contribution in [3.05, 3.63) is 11.8 Å². The monoisotopic (exact) mass is 290 g/mol. The third kappa shape index (κ3) is 2.65. The largest absolute Gasteiger partial charge is 0.404 e. The first-order chi connectivity index (χ1) is 9.39. The Labute approximate surface area is 114 Å². The Morgan fingerprint density at radius 3 is 2.85 bits per heavy atom. The Hall–Kier alpha value is -1.57. The highest BCUT2D eigenvalue weighted by Gasteiger charge is 2.61. The van der Waals surface area contributed by atoms with Crippen molar-refractivity contribution >= 4 is 11.7 Å². The van der Waals surface area contributed by atoms with E-state index in [0.29, 0.717) is 0 Å². The lowest BCUT2D eigenvalue weighted by molar-refractivity contribution is -0.213. The molecule has 0 radical (unpaired) electrons. The highest BCUT2D eigenvalue weighted by Crippen LogP contribution is 2.43. The van der Waals surface area contributed by atoms with Crippen LogP contribution in [0.25, 0.3) is 0 Å². The summed E-state index contributed by atoms with van der Waals surface area (Å²) in [5.41, 5.74) is -1.58. The summed E-state index contributed by atoms with van der Waals surface area (Å²) in [7, 11) is 0. The van der Waals surface area contributed by atoms with Crippen LogP contribution in [-0.2, 0) is 11.2 Å². The summed E-state index contributed by atoms with van der Waals surface area (Å²) in [4.78, 5) is 12.0. The fourth-order valence-electron chi connectivity index (χ4n) is 2.32. The maximum Gasteiger partial charge on any atom is 0.404 e. The van der Waals surface area contributed by atoms with E-state index in [-0.39, 0.29) is 18.8 Å². The van der Waals surface area contributed by atoms with Crippen LogP contribution in [0.15, 0.2) is 6.07 Å². The number of amides is 1. The van der Waals surface area contributed by atoms with E-state index in [1.807, 2.05) is 6.92 Å². The molecule has 8 heteroatoms. The van der Waals surface area contributed by atoms with Crippen molar-refractivity contribution in [2.24, 2.45) is 5.41 Å². The van der Waals surface area contributed by atoms with Crippen molar-refractivity contribution in [2.45, 2.75) is 32.4 Å². The number of aryl methyl sites for hydroxylation is 1. The Balaban J connectivity index is 2.13. The normalized spacial score (nSPS) is 23.0. The van der Waals surface area contributed by atoms with Gasteiger partial charge < -0.3 is 10.6 Å². The lowest BCUT2D eigenvalue weighted by Gasteiger charge is -2.28. The van der Waals surface area contributed by atoms with Crippen LogP contribution in [0.4, 0.5) is 19.0 Å². The quantitative estimate of drug-likeness (QED) is 0.792. The summed E-state index contributed by atoms with van der Waals surface area (Å²) in [6.45, 7) is 1.76. The second-order valence-corrected chi connectivity index (χ2v) is 4.99. The number of carbonyl (C=O) groups excluding carboxylic acids is 1. The molecule has 1 fully saturated rings. The average molecular weight is 290 g/mol. The molecule has 1 aliphatic heterocycles. The van der Waals surface area contributed by atoms with Crippen molar-refractivity contribution in [3.8, 4) is 0 Å². The second kappa shape index (κ2) is 5.43. The Morgan fingerprint density at radius 2 is 2.30 bits per heavy atom. The first-order valence-electron chi connectivity index (χ1n) is 6.52. The van der Waals surface area contributed by atoms with Gasteiger partial charge in [0, 0.05) is 18.3 Å². The third-order valence-electron chi connectivity index (χ3n) is 3.52. The summed E-state index contributed by atoms with van der Waals surface area (Å²) in [6.07, 6.45) is -3.22. The van der Waals surface area contributed by atoms with Gasteiger partial charge in [-0.1, -0.05) is 13.3 Å². The Kier molecular flexibility index (Phi) is 4.03. The molecule has 1 aliphatic rings. The summed E-state index contributed by atoms with van der Waals surface area (Å²) in [6, 6.07) is 1.56. The lowest BCUT2D eigenvalue weighted by atomic mass is 9.85. The predicted molar refractivity (Wildman–Crippen MR) is 67.2 cm³/mol. The molecule has 112 valence electrons. The van der Waals surface area contributed by atoms with Gasteiger partial charge in [0.1, 0.15) is 0 Å². The van der Waals surface area contributed by atoms with E-state index in [1.54, 1.807) is 6.07 Å². The Bertz CT molecular complexity index is 477. The zero-order chi connectivity index (χ0) is 14.8. The summed E-state index contributed by atoms with van der Waals surface area (Å²) >= 11 is 0. The number of aromatic amines is 1. The summed E-state index contributed by atoms with van der Waals surface area (Å²) < 4.78 is 39.5. The molecule has 0 spiro atoms. The van der Waals surface area contributed by atoms with E-state index >= 15 is 0 Å². The van der Waals surface area contributed by atoms with Crippen molar-refractivity contribution in [3.63, 3.8) is 0 Å². The molecule has 0 bridgehead atoms. The molecule has 5 nitrogen and oxygen atoms in total. The minimum Gasteiger partial charge on any atom is -0.315 e. The number of carbonyl (C=O) groups is 1. The number of rotatable bonds is 4. The maximum absolute atomic E-state index is 13.2. The highest BCUT2D eigenvalue weighted by atomic mass is 19.4. The number of hydrogen-bond donors (Lipinski definition) is 3. The standard InChI is InChI=1S/C12H17F3N4O/c1-2-3-8-6-9(19-18-8)17-10(20)11(12(13,14)15)4-5-16-7-11/h6,16H,2-5,7H2,1H3,(H2,17,18,19,20). The van der Waals surface area contributed by atoms with E-state index in [9.17, 15) is 18.0 Å². The van der Waals surface area contributed by atoms with Crippen LogP contribution < -0.4 is 10.6 Å². The molecule has 20 heavy (non-hydrogen) atoms. The van der Waals surface area contributed by atoms with Crippen LogP contribution in [0, 0.1) is 5.41 Å². The van der Waals surface area contributed by atoms with Gasteiger partial charge in [-0.05, 0) is 19.4 Å². The number of nitrogens with zero attached hydrogens (tertiary/aromatic N) is 1. The van der Waals surface area contributed by atoms with Gasteiger partial charge in [0.15, 0.2) is 11.2 Å². The molecular formula is C12H17F3N4O. The van der Waals surface area contributed by atoms with Crippen LogP contribution in [0.5, 0.6) is 0 Å². The molecule has 2 rings (SSSR count). The van der Waals surface area contributed by atoms with Crippen molar-refractivity contribution in [1.82, 2.24) is 15.5 Å². The van der Waals surface area contributed by atoms with Gasteiger partial charge in [-0.25, -0.2) is 0 Å². The number of nitrogens with one attached hydrogen (secondary N) is 3. The van der Waals surface area contributed by atoms with Gasteiger partial charge in [-0.15, -0.1) is 0 Å². The summed E-state index contributed by atoms with van der Waals surface area (Å²) in [5, 5.41) is 11.4. The number of alkyl halides is 3. The first-order valence-corrected chi connectivity index (χ1v) is 6.52. The first kappa shape index (κ1) is 14.8. The maximum atomic E-state index is 13.2. The smallest absolute Gasteiger partial charge is 0.315 e. The van der Waals surface area contributed by atoms with Gasteiger partial charge in [0.25, 0.3) is 0 Å². The van der Waals surface area contributed by atoms with Gasteiger partial charge in [0.05, 0.1) is 0 Å². The predicted octanol–water partition coefficient (Wildman–Crippen LogP) is 1.84. The van der Waals surface area contributed by atoms with Crippen LogP contribution >= 0.6 is 0 Å². The number of aromatic nitrogens is 2. The topological polar surface area (TPSA) is 69.8 Å². The molecule has 0 saturated carbocycles. The van der Waals surface area contributed by atoms with E-state index in [2.05, 4.69) is 20.8 Å². The van der Waals surface area contributed by atoms with Gasteiger partial charge in [0.2, 0.25) is 5.91 Å². The van der Waals surface area contributed by atoms with E-state index in [0.717, 1.165) is 18.5 Å². The van der Waals surface area contributed by atoms with Crippen LogP contribution in [-0.4, -0.2) is 35.4 Å². The van der Waals surface area contributed by atoms with Crippen molar-refractivity contribution in [1.29, 1.82) is 0 Å². The number of H-pyrrole nitrogens is 1. The minimum absolute atomic E-state index is 0.133.